The molecule has 4 heteroatoms. The van der Waals surface area contributed by atoms with Crippen LogP contribution in [0.5, 0.6) is 0 Å². The Kier molecular flexibility index (Phi) is 4.42. The summed E-state index contributed by atoms with van der Waals surface area (Å²) in [6.07, 6.45) is 0.932. The van der Waals surface area contributed by atoms with Crippen molar-refractivity contribution in [3.63, 3.8) is 0 Å². The van der Waals surface area contributed by atoms with Crippen LogP contribution in [0, 0.1) is 6.92 Å². The molecule has 0 spiro atoms. The van der Waals surface area contributed by atoms with E-state index in [9.17, 15) is 4.79 Å². The van der Waals surface area contributed by atoms with Crippen molar-refractivity contribution < 1.29 is 4.79 Å². The second-order valence-electron chi connectivity index (χ2n) is 5.68. The molecule has 0 bridgehead atoms. The van der Waals surface area contributed by atoms with Gasteiger partial charge in [-0.15, -0.1) is 0 Å². The Balaban J connectivity index is 2.08. The van der Waals surface area contributed by atoms with Crippen molar-refractivity contribution in [3.05, 3.63) is 54.1 Å². The lowest BCUT2D eigenvalue weighted by atomic mass is 10.1. The highest BCUT2D eigenvalue weighted by atomic mass is 16.1. The summed E-state index contributed by atoms with van der Waals surface area (Å²) in [6.45, 7) is 5.09. The van der Waals surface area contributed by atoms with Crippen molar-refractivity contribution in [1.29, 1.82) is 0 Å². The zero-order chi connectivity index (χ0) is 16.2. The number of fused-ring (bicyclic) bond motifs is 1. The number of aromatic nitrogens is 2. The summed E-state index contributed by atoms with van der Waals surface area (Å²) in [7, 11) is 0. The molecule has 0 fully saturated rings. The van der Waals surface area contributed by atoms with Gasteiger partial charge in [-0.25, -0.2) is 4.98 Å². The molecule has 0 atom stereocenters. The van der Waals surface area contributed by atoms with Crippen LogP contribution >= 0.6 is 0 Å². The molecule has 0 radical (unpaired) electrons. The number of rotatable bonds is 5. The fourth-order valence-electron chi connectivity index (χ4n) is 2.73. The maximum Gasteiger partial charge on any atom is 0.240 e. The molecular weight excluding hydrogens is 286 g/mol. The number of hydrogen-bond donors (Lipinski definition) is 1. The van der Waals surface area contributed by atoms with Gasteiger partial charge in [-0.2, -0.15) is 0 Å². The van der Waals surface area contributed by atoms with E-state index in [1.165, 1.54) is 0 Å². The Morgan fingerprint density at radius 3 is 2.65 bits per heavy atom. The molecule has 1 N–H and O–H groups in total. The zero-order valence-corrected chi connectivity index (χ0v) is 13.5. The van der Waals surface area contributed by atoms with Crippen LogP contribution in [0.25, 0.3) is 22.4 Å². The number of aryl methyl sites for hydroxylation is 1. The molecule has 1 aromatic heterocycles. The second-order valence-corrected chi connectivity index (χ2v) is 5.68. The maximum atomic E-state index is 12.2. The van der Waals surface area contributed by atoms with Crippen LogP contribution in [0.1, 0.15) is 18.9 Å². The van der Waals surface area contributed by atoms with Gasteiger partial charge in [0.25, 0.3) is 0 Å². The van der Waals surface area contributed by atoms with E-state index in [1.807, 2.05) is 47.9 Å². The van der Waals surface area contributed by atoms with Crippen LogP contribution in [0.4, 0.5) is 0 Å². The first kappa shape index (κ1) is 15.3. The minimum Gasteiger partial charge on any atom is -0.355 e. The van der Waals surface area contributed by atoms with Crippen molar-refractivity contribution in [2.75, 3.05) is 6.54 Å². The lowest BCUT2D eigenvalue weighted by Crippen LogP contribution is -2.28. The number of nitrogens with one attached hydrogen (secondary N) is 1. The van der Waals surface area contributed by atoms with Gasteiger partial charge < -0.3 is 9.88 Å². The first-order valence-electron chi connectivity index (χ1n) is 7.98. The molecule has 118 valence electrons. The molecule has 3 rings (SSSR count). The number of carbonyl (C=O) groups excluding carboxylic acids is 1. The Labute approximate surface area is 136 Å². The van der Waals surface area contributed by atoms with E-state index in [1.54, 1.807) is 0 Å². The molecule has 1 amide bonds. The average molecular weight is 307 g/mol. The summed E-state index contributed by atoms with van der Waals surface area (Å²) in [5.41, 5.74) is 4.11. The monoisotopic (exact) mass is 307 g/mol. The molecule has 0 aliphatic carbocycles. The first-order chi connectivity index (χ1) is 11.2. The Morgan fingerprint density at radius 2 is 1.87 bits per heavy atom. The SMILES string of the molecule is CCCNC(=O)Cn1c(-c2ccccc2C)nc2ccccc21. The Morgan fingerprint density at radius 1 is 1.13 bits per heavy atom. The van der Waals surface area contributed by atoms with Gasteiger partial charge in [-0.05, 0) is 31.0 Å². The summed E-state index contributed by atoms with van der Waals surface area (Å²) >= 11 is 0. The van der Waals surface area contributed by atoms with E-state index in [-0.39, 0.29) is 12.5 Å². The largest absolute Gasteiger partial charge is 0.355 e. The maximum absolute atomic E-state index is 12.2. The fraction of sp³-hybridized carbons (Fsp3) is 0.263. The van der Waals surface area contributed by atoms with Gasteiger partial charge in [0.2, 0.25) is 5.91 Å². The molecule has 1 heterocycles. The van der Waals surface area contributed by atoms with E-state index in [4.69, 9.17) is 4.98 Å². The van der Waals surface area contributed by atoms with Gasteiger partial charge in [-0.3, -0.25) is 4.79 Å². The van der Waals surface area contributed by atoms with Crippen LogP contribution in [-0.4, -0.2) is 22.0 Å². The smallest absolute Gasteiger partial charge is 0.240 e. The lowest BCUT2D eigenvalue weighted by Gasteiger charge is -2.11. The molecular formula is C19H21N3O. The molecule has 3 aromatic rings. The number of para-hydroxylation sites is 2. The third kappa shape index (κ3) is 3.11. The molecule has 23 heavy (non-hydrogen) atoms. The summed E-state index contributed by atoms with van der Waals surface area (Å²) in [5, 5.41) is 2.94. The molecule has 0 unspecified atom stereocenters. The van der Waals surface area contributed by atoms with Gasteiger partial charge in [0.05, 0.1) is 11.0 Å². The summed E-state index contributed by atoms with van der Waals surface area (Å²) in [4.78, 5) is 17.0. The van der Waals surface area contributed by atoms with E-state index in [0.29, 0.717) is 6.54 Å². The average Bonchev–Trinajstić information content (AvgIpc) is 2.92. The zero-order valence-electron chi connectivity index (χ0n) is 13.5. The van der Waals surface area contributed by atoms with Crippen LogP contribution in [0.2, 0.25) is 0 Å². The van der Waals surface area contributed by atoms with Crippen molar-refractivity contribution in [2.24, 2.45) is 0 Å². The highest BCUT2D eigenvalue weighted by Crippen LogP contribution is 2.27. The number of carbonyl (C=O) groups is 1. The number of benzene rings is 2. The number of hydrogen-bond acceptors (Lipinski definition) is 2. The van der Waals surface area contributed by atoms with E-state index in [2.05, 4.69) is 24.4 Å². The van der Waals surface area contributed by atoms with Gasteiger partial charge in [0, 0.05) is 12.1 Å². The van der Waals surface area contributed by atoms with Gasteiger partial charge in [0.15, 0.2) is 0 Å². The normalized spacial score (nSPS) is 10.9. The van der Waals surface area contributed by atoms with Gasteiger partial charge in [0.1, 0.15) is 12.4 Å². The van der Waals surface area contributed by atoms with E-state index >= 15 is 0 Å². The Bertz CT molecular complexity index is 836. The minimum atomic E-state index is 0.0184. The summed E-state index contributed by atoms with van der Waals surface area (Å²) in [6, 6.07) is 16.1. The number of amides is 1. The van der Waals surface area contributed by atoms with Gasteiger partial charge in [-0.1, -0.05) is 43.3 Å². The summed E-state index contributed by atoms with van der Waals surface area (Å²) in [5.74, 6) is 0.862. The van der Waals surface area contributed by atoms with Crippen LogP contribution in [0.3, 0.4) is 0 Å². The number of imidazole rings is 1. The van der Waals surface area contributed by atoms with E-state index in [0.717, 1.165) is 34.4 Å². The highest BCUT2D eigenvalue weighted by Gasteiger charge is 2.15. The second kappa shape index (κ2) is 6.65. The molecule has 0 aliphatic rings. The first-order valence-corrected chi connectivity index (χ1v) is 7.98. The standard InChI is InChI=1S/C19H21N3O/c1-3-12-20-18(23)13-22-17-11-7-6-10-16(17)21-19(22)15-9-5-4-8-14(15)2/h4-11H,3,12-13H2,1-2H3,(H,20,23). The topological polar surface area (TPSA) is 46.9 Å². The molecule has 2 aromatic carbocycles. The third-order valence-electron chi connectivity index (χ3n) is 3.91. The van der Waals surface area contributed by atoms with Gasteiger partial charge >= 0.3 is 0 Å². The Hall–Kier alpha value is -2.62. The van der Waals surface area contributed by atoms with Crippen LogP contribution in [-0.2, 0) is 11.3 Å². The minimum absolute atomic E-state index is 0.0184. The fourth-order valence-corrected chi connectivity index (χ4v) is 2.73. The van der Waals surface area contributed by atoms with Crippen molar-refractivity contribution in [1.82, 2.24) is 14.9 Å². The predicted molar refractivity (Wildman–Crippen MR) is 93.2 cm³/mol. The summed E-state index contributed by atoms with van der Waals surface area (Å²) < 4.78 is 2.00. The molecule has 0 saturated heterocycles. The molecule has 0 saturated carbocycles. The van der Waals surface area contributed by atoms with Crippen molar-refractivity contribution in [3.8, 4) is 11.4 Å². The predicted octanol–water partition coefficient (Wildman–Crippen LogP) is 3.54. The van der Waals surface area contributed by atoms with Crippen LogP contribution < -0.4 is 5.32 Å². The number of nitrogens with zero attached hydrogens (tertiary/aromatic N) is 2. The van der Waals surface area contributed by atoms with Crippen molar-refractivity contribution in [2.45, 2.75) is 26.8 Å². The molecule has 4 nitrogen and oxygen atoms in total. The quantitative estimate of drug-likeness (QED) is 0.783. The van der Waals surface area contributed by atoms with Crippen molar-refractivity contribution >= 4 is 16.9 Å². The highest BCUT2D eigenvalue weighted by molar-refractivity contribution is 5.84. The third-order valence-corrected chi connectivity index (χ3v) is 3.91. The lowest BCUT2D eigenvalue weighted by molar-refractivity contribution is -0.121. The van der Waals surface area contributed by atoms with E-state index < -0.39 is 0 Å². The van der Waals surface area contributed by atoms with Crippen LogP contribution in [0.15, 0.2) is 48.5 Å². The molecule has 0 aliphatic heterocycles.